The fraction of sp³-hybridized carbons (Fsp3) is 0.588. The van der Waals surface area contributed by atoms with Crippen LogP contribution >= 0.6 is 0 Å². The number of fused-ring (bicyclic) bond motifs is 1. The second-order valence-electron chi connectivity index (χ2n) is 6.39. The molecule has 0 atom stereocenters. The Morgan fingerprint density at radius 1 is 1.30 bits per heavy atom. The van der Waals surface area contributed by atoms with Crippen molar-refractivity contribution in [3.63, 3.8) is 0 Å². The van der Waals surface area contributed by atoms with Crippen LogP contribution in [0, 0.1) is 6.92 Å². The SMILES string of the molecule is CCn1nc(C2CC2)cc1N1CCc2nc(C)nc(OC)c2C1. The fourth-order valence-electron chi connectivity index (χ4n) is 3.36. The van der Waals surface area contributed by atoms with Crippen molar-refractivity contribution in [2.45, 2.75) is 52.1 Å². The van der Waals surface area contributed by atoms with Gasteiger partial charge in [0, 0.05) is 31.5 Å². The molecule has 2 aromatic heterocycles. The summed E-state index contributed by atoms with van der Waals surface area (Å²) in [5.41, 5.74) is 3.48. The number of nitrogens with zero attached hydrogens (tertiary/aromatic N) is 5. The third-order valence-electron chi connectivity index (χ3n) is 4.72. The van der Waals surface area contributed by atoms with E-state index in [-0.39, 0.29) is 0 Å². The van der Waals surface area contributed by atoms with E-state index in [1.165, 1.54) is 24.4 Å². The van der Waals surface area contributed by atoms with Gasteiger partial charge in [-0.15, -0.1) is 0 Å². The molecule has 0 unspecified atom stereocenters. The van der Waals surface area contributed by atoms with Gasteiger partial charge in [-0.2, -0.15) is 10.1 Å². The highest BCUT2D eigenvalue weighted by Crippen LogP contribution is 2.41. The molecule has 1 fully saturated rings. The van der Waals surface area contributed by atoms with E-state index in [4.69, 9.17) is 9.84 Å². The van der Waals surface area contributed by atoms with Gasteiger partial charge in [0.25, 0.3) is 0 Å². The largest absolute Gasteiger partial charge is 0.481 e. The van der Waals surface area contributed by atoms with Crippen molar-refractivity contribution in [3.05, 3.63) is 28.8 Å². The van der Waals surface area contributed by atoms with Crippen LogP contribution in [0.5, 0.6) is 5.88 Å². The topological polar surface area (TPSA) is 56.1 Å². The summed E-state index contributed by atoms with van der Waals surface area (Å²) in [4.78, 5) is 11.4. The van der Waals surface area contributed by atoms with E-state index < -0.39 is 0 Å². The van der Waals surface area contributed by atoms with Crippen LogP contribution in [-0.4, -0.2) is 33.4 Å². The molecule has 0 saturated heterocycles. The number of methoxy groups -OCH3 is 1. The zero-order valence-electron chi connectivity index (χ0n) is 14.0. The molecule has 0 amide bonds. The predicted octanol–water partition coefficient (Wildman–Crippen LogP) is 2.45. The fourth-order valence-corrected chi connectivity index (χ4v) is 3.36. The van der Waals surface area contributed by atoms with Crippen LogP contribution in [0.15, 0.2) is 6.07 Å². The highest BCUT2D eigenvalue weighted by molar-refractivity contribution is 5.47. The van der Waals surface area contributed by atoms with E-state index in [0.717, 1.165) is 43.1 Å². The average molecular weight is 313 g/mol. The van der Waals surface area contributed by atoms with Gasteiger partial charge in [0.1, 0.15) is 11.6 Å². The van der Waals surface area contributed by atoms with Crippen molar-refractivity contribution in [3.8, 4) is 5.88 Å². The van der Waals surface area contributed by atoms with Gasteiger partial charge < -0.3 is 9.64 Å². The molecule has 0 bridgehead atoms. The molecular formula is C17H23N5O. The average Bonchev–Trinajstić information content (AvgIpc) is 3.33. The van der Waals surface area contributed by atoms with Gasteiger partial charge in [0.15, 0.2) is 0 Å². The van der Waals surface area contributed by atoms with E-state index >= 15 is 0 Å². The van der Waals surface area contributed by atoms with Crippen LogP contribution in [0.4, 0.5) is 5.82 Å². The Hall–Kier alpha value is -2.11. The minimum atomic E-state index is 0.680. The molecule has 0 spiro atoms. The molecule has 1 saturated carbocycles. The molecule has 1 aliphatic carbocycles. The number of aryl methyl sites for hydroxylation is 2. The molecule has 0 aromatic carbocycles. The first-order chi connectivity index (χ1) is 11.2. The van der Waals surface area contributed by atoms with E-state index in [1.54, 1.807) is 7.11 Å². The maximum Gasteiger partial charge on any atom is 0.221 e. The maximum absolute atomic E-state index is 5.49. The second-order valence-corrected chi connectivity index (χ2v) is 6.39. The van der Waals surface area contributed by atoms with Crippen molar-refractivity contribution >= 4 is 5.82 Å². The number of ether oxygens (including phenoxy) is 1. The molecule has 2 aliphatic rings. The summed E-state index contributed by atoms with van der Waals surface area (Å²) >= 11 is 0. The van der Waals surface area contributed by atoms with Crippen LogP contribution in [0.3, 0.4) is 0 Å². The van der Waals surface area contributed by atoms with E-state index in [0.29, 0.717) is 11.8 Å². The van der Waals surface area contributed by atoms with Crippen molar-refractivity contribution in [2.24, 2.45) is 0 Å². The van der Waals surface area contributed by atoms with Crippen molar-refractivity contribution in [1.29, 1.82) is 0 Å². The third-order valence-corrected chi connectivity index (χ3v) is 4.72. The number of hydrogen-bond donors (Lipinski definition) is 0. The lowest BCUT2D eigenvalue weighted by molar-refractivity contribution is 0.386. The normalized spacial score (nSPS) is 17.3. The monoisotopic (exact) mass is 313 g/mol. The quantitative estimate of drug-likeness (QED) is 0.868. The Morgan fingerprint density at radius 2 is 2.13 bits per heavy atom. The summed E-state index contributed by atoms with van der Waals surface area (Å²) in [5.74, 6) is 3.38. The summed E-state index contributed by atoms with van der Waals surface area (Å²) in [6.45, 7) is 6.71. The van der Waals surface area contributed by atoms with Gasteiger partial charge in [0.2, 0.25) is 5.88 Å². The standard InChI is InChI=1S/C17H23N5O/c1-4-22-16(9-15(20-22)12-5-6-12)21-8-7-14-13(10-21)17(23-3)19-11(2)18-14/h9,12H,4-8,10H2,1-3H3. The van der Waals surface area contributed by atoms with Gasteiger partial charge in [-0.3, -0.25) is 0 Å². The van der Waals surface area contributed by atoms with Crippen LogP contribution in [0.1, 0.15) is 48.5 Å². The zero-order chi connectivity index (χ0) is 16.0. The smallest absolute Gasteiger partial charge is 0.221 e. The Bertz CT molecular complexity index is 718. The van der Waals surface area contributed by atoms with Crippen LogP contribution < -0.4 is 9.64 Å². The number of aromatic nitrogens is 4. The van der Waals surface area contributed by atoms with E-state index in [9.17, 15) is 0 Å². The first-order valence-corrected chi connectivity index (χ1v) is 8.42. The van der Waals surface area contributed by atoms with Gasteiger partial charge in [-0.25, -0.2) is 9.67 Å². The Labute approximate surface area is 136 Å². The molecule has 122 valence electrons. The minimum absolute atomic E-state index is 0.680. The minimum Gasteiger partial charge on any atom is -0.481 e. The molecule has 4 rings (SSSR count). The summed E-state index contributed by atoms with van der Waals surface area (Å²) < 4.78 is 7.61. The van der Waals surface area contributed by atoms with Crippen molar-refractivity contribution < 1.29 is 4.74 Å². The van der Waals surface area contributed by atoms with Gasteiger partial charge in [-0.05, 0) is 26.7 Å². The van der Waals surface area contributed by atoms with Crippen molar-refractivity contribution in [2.75, 3.05) is 18.6 Å². The molecule has 0 N–H and O–H groups in total. The third kappa shape index (κ3) is 2.56. The number of hydrogen-bond acceptors (Lipinski definition) is 5. The Kier molecular flexibility index (Phi) is 3.47. The molecule has 6 heteroatoms. The summed E-state index contributed by atoms with van der Waals surface area (Å²) in [5, 5.41) is 4.79. The lowest BCUT2D eigenvalue weighted by atomic mass is 10.1. The molecule has 23 heavy (non-hydrogen) atoms. The van der Waals surface area contributed by atoms with Crippen LogP contribution in [0.25, 0.3) is 0 Å². The van der Waals surface area contributed by atoms with Crippen LogP contribution in [-0.2, 0) is 19.5 Å². The Morgan fingerprint density at radius 3 is 2.83 bits per heavy atom. The lowest BCUT2D eigenvalue weighted by Gasteiger charge is -2.30. The highest BCUT2D eigenvalue weighted by Gasteiger charge is 2.30. The summed E-state index contributed by atoms with van der Waals surface area (Å²) in [6.07, 6.45) is 3.48. The molecule has 0 radical (unpaired) electrons. The Balaban J connectivity index is 1.67. The molecular weight excluding hydrogens is 290 g/mol. The first kappa shape index (κ1) is 14.5. The van der Waals surface area contributed by atoms with Gasteiger partial charge >= 0.3 is 0 Å². The highest BCUT2D eigenvalue weighted by atomic mass is 16.5. The first-order valence-electron chi connectivity index (χ1n) is 8.42. The second kappa shape index (κ2) is 5.51. The maximum atomic E-state index is 5.49. The molecule has 6 nitrogen and oxygen atoms in total. The predicted molar refractivity (Wildman–Crippen MR) is 88.0 cm³/mol. The summed E-state index contributed by atoms with van der Waals surface area (Å²) in [7, 11) is 1.68. The zero-order valence-corrected chi connectivity index (χ0v) is 14.0. The number of anilines is 1. The van der Waals surface area contributed by atoms with Crippen molar-refractivity contribution in [1.82, 2.24) is 19.7 Å². The molecule has 1 aliphatic heterocycles. The van der Waals surface area contributed by atoms with E-state index in [1.807, 2.05) is 6.92 Å². The van der Waals surface area contributed by atoms with E-state index in [2.05, 4.69) is 32.5 Å². The lowest BCUT2D eigenvalue weighted by Crippen LogP contribution is -2.33. The summed E-state index contributed by atoms with van der Waals surface area (Å²) in [6, 6.07) is 2.27. The van der Waals surface area contributed by atoms with Gasteiger partial charge in [-0.1, -0.05) is 0 Å². The molecule has 2 aromatic rings. The number of rotatable bonds is 4. The molecule has 3 heterocycles. The van der Waals surface area contributed by atoms with Gasteiger partial charge in [0.05, 0.1) is 30.6 Å². The van der Waals surface area contributed by atoms with Crippen LogP contribution in [0.2, 0.25) is 0 Å².